The van der Waals surface area contributed by atoms with Crippen LogP contribution in [-0.2, 0) is 0 Å². The van der Waals surface area contributed by atoms with Gasteiger partial charge in [0.2, 0.25) is 0 Å². The summed E-state index contributed by atoms with van der Waals surface area (Å²) in [6.07, 6.45) is 0. The summed E-state index contributed by atoms with van der Waals surface area (Å²) in [5, 5.41) is 4.81. The number of nitrogens with two attached hydrogens (primary N) is 1. The van der Waals surface area contributed by atoms with Crippen molar-refractivity contribution >= 4 is 44.3 Å². The molecule has 134 valence electrons. The van der Waals surface area contributed by atoms with Crippen LogP contribution in [0.2, 0.25) is 0 Å². The van der Waals surface area contributed by atoms with Crippen LogP contribution < -0.4 is 10.6 Å². The summed E-state index contributed by atoms with van der Waals surface area (Å²) in [5.74, 6) is 0. The van der Waals surface area contributed by atoms with Gasteiger partial charge in [-0.05, 0) is 35.0 Å². The van der Waals surface area contributed by atoms with Gasteiger partial charge in [-0.3, -0.25) is 0 Å². The molecule has 0 saturated heterocycles. The number of nitrogens with zero attached hydrogens (tertiary/aromatic N) is 1. The fourth-order valence-electron chi connectivity index (χ4n) is 3.89. The first-order valence-corrected chi connectivity index (χ1v) is 9.43. The molecule has 0 aliphatic heterocycles. The normalized spacial score (nSPS) is 11.0. The molecule has 0 fully saturated rings. The second kappa shape index (κ2) is 6.75. The predicted molar refractivity (Wildman–Crippen MR) is 121 cm³/mol. The monoisotopic (exact) mass is 360 g/mol. The van der Waals surface area contributed by atoms with Crippen LogP contribution in [0.5, 0.6) is 0 Å². The van der Waals surface area contributed by atoms with Gasteiger partial charge in [-0.25, -0.2) is 0 Å². The lowest BCUT2D eigenvalue weighted by atomic mass is 10.0. The van der Waals surface area contributed by atoms with E-state index in [1.54, 1.807) is 0 Å². The first-order valence-electron chi connectivity index (χ1n) is 9.43. The van der Waals surface area contributed by atoms with E-state index in [2.05, 4.69) is 95.9 Å². The first kappa shape index (κ1) is 16.4. The van der Waals surface area contributed by atoms with E-state index in [1.165, 1.54) is 21.5 Å². The van der Waals surface area contributed by atoms with Gasteiger partial charge >= 0.3 is 0 Å². The average Bonchev–Trinajstić information content (AvgIpc) is 2.75. The van der Waals surface area contributed by atoms with Crippen molar-refractivity contribution in [3.8, 4) is 0 Å². The van der Waals surface area contributed by atoms with E-state index >= 15 is 0 Å². The quantitative estimate of drug-likeness (QED) is 0.349. The van der Waals surface area contributed by atoms with Gasteiger partial charge in [0.25, 0.3) is 0 Å². The minimum atomic E-state index is 0.753. The van der Waals surface area contributed by atoms with Crippen molar-refractivity contribution in [2.75, 3.05) is 10.6 Å². The Morgan fingerprint density at radius 1 is 0.429 bits per heavy atom. The van der Waals surface area contributed by atoms with Crippen molar-refractivity contribution in [1.82, 2.24) is 0 Å². The first-order chi connectivity index (χ1) is 13.8. The molecule has 28 heavy (non-hydrogen) atoms. The standard InChI is InChI=1S/C26H20N2/c27-23-15-5-6-16-26(23)28(24-17-7-11-19-9-1-3-13-21(19)24)25-18-8-12-20-10-2-4-14-22(20)25/h1-18H,27H2. The number of fused-ring (bicyclic) bond motifs is 2. The summed E-state index contributed by atoms with van der Waals surface area (Å²) < 4.78 is 0. The van der Waals surface area contributed by atoms with E-state index in [9.17, 15) is 0 Å². The van der Waals surface area contributed by atoms with Gasteiger partial charge in [0.15, 0.2) is 0 Å². The predicted octanol–water partition coefficient (Wildman–Crippen LogP) is 7.05. The Bertz CT molecular complexity index is 1200. The molecule has 0 aromatic heterocycles. The lowest BCUT2D eigenvalue weighted by Crippen LogP contribution is -2.12. The van der Waals surface area contributed by atoms with Gasteiger partial charge in [-0.2, -0.15) is 0 Å². The zero-order chi connectivity index (χ0) is 18.9. The Morgan fingerprint density at radius 3 is 1.43 bits per heavy atom. The van der Waals surface area contributed by atoms with Crippen molar-refractivity contribution < 1.29 is 0 Å². The van der Waals surface area contributed by atoms with Gasteiger partial charge in [-0.1, -0.05) is 84.9 Å². The molecular weight excluding hydrogens is 340 g/mol. The molecule has 5 aromatic carbocycles. The zero-order valence-corrected chi connectivity index (χ0v) is 15.4. The molecule has 2 heteroatoms. The Kier molecular flexibility index (Phi) is 3.95. The van der Waals surface area contributed by atoms with Crippen LogP contribution in [0.15, 0.2) is 109 Å². The Labute approximate surface area is 164 Å². The fraction of sp³-hybridized carbons (Fsp3) is 0. The maximum atomic E-state index is 6.44. The van der Waals surface area contributed by atoms with Crippen LogP contribution >= 0.6 is 0 Å². The molecule has 0 aliphatic rings. The highest BCUT2D eigenvalue weighted by molar-refractivity contribution is 6.05. The van der Waals surface area contributed by atoms with Crippen molar-refractivity contribution in [2.24, 2.45) is 0 Å². The Balaban J connectivity index is 1.88. The van der Waals surface area contributed by atoms with Gasteiger partial charge in [-0.15, -0.1) is 0 Å². The molecule has 0 bridgehead atoms. The SMILES string of the molecule is Nc1ccccc1N(c1cccc2ccccc12)c1cccc2ccccc12. The average molecular weight is 360 g/mol. The van der Waals surface area contributed by atoms with Crippen LogP contribution in [0.4, 0.5) is 22.7 Å². The minimum absolute atomic E-state index is 0.753. The molecule has 0 aliphatic carbocycles. The topological polar surface area (TPSA) is 29.3 Å². The number of para-hydroxylation sites is 2. The minimum Gasteiger partial charge on any atom is -0.397 e. The summed E-state index contributed by atoms with van der Waals surface area (Å²) in [7, 11) is 0. The van der Waals surface area contributed by atoms with E-state index in [4.69, 9.17) is 5.73 Å². The van der Waals surface area contributed by atoms with Gasteiger partial charge in [0.1, 0.15) is 0 Å². The number of rotatable bonds is 3. The molecule has 0 saturated carbocycles. The van der Waals surface area contributed by atoms with Gasteiger partial charge < -0.3 is 10.6 Å². The van der Waals surface area contributed by atoms with Crippen LogP contribution in [0.3, 0.4) is 0 Å². The summed E-state index contributed by atoms with van der Waals surface area (Å²) >= 11 is 0. The van der Waals surface area contributed by atoms with Crippen LogP contribution in [0.25, 0.3) is 21.5 Å². The molecule has 0 heterocycles. The second-order valence-corrected chi connectivity index (χ2v) is 6.89. The molecule has 0 radical (unpaired) electrons. The highest BCUT2D eigenvalue weighted by atomic mass is 15.2. The third-order valence-electron chi connectivity index (χ3n) is 5.19. The molecule has 2 nitrogen and oxygen atoms in total. The van der Waals surface area contributed by atoms with E-state index in [0.29, 0.717) is 0 Å². The molecule has 5 aromatic rings. The zero-order valence-electron chi connectivity index (χ0n) is 15.4. The smallest absolute Gasteiger partial charge is 0.0691 e. The van der Waals surface area contributed by atoms with Gasteiger partial charge in [0.05, 0.1) is 22.7 Å². The van der Waals surface area contributed by atoms with E-state index < -0.39 is 0 Å². The highest BCUT2D eigenvalue weighted by Gasteiger charge is 2.18. The van der Waals surface area contributed by atoms with Crippen LogP contribution in [0, 0.1) is 0 Å². The molecule has 0 unspecified atom stereocenters. The molecule has 0 amide bonds. The lowest BCUT2D eigenvalue weighted by Gasteiger charge is -2.29. The van der Waals surface area contributed by atoms with Crippen LogP contribution in [0.1, 0.15) is 0 Å². The molecule has 0 atom stereocenters. The number of hydrogen-bond donors (Lipinski definition) is 1. The molecule has 0 spiro atoms. The molecular formula is C26H20N2. The third kappa shape index (κ3) is 2.67. The van der Waals surface area contributed by atoms with E-state index in [1.807, 2.05) is 18.2 Å². The lowest BCUT2D eigenvalue weighted by molar-refractivity contribution is 1.31. The number of benzene rings is 5. The third-order valence-corrected chi connectivity index (χ3v) is 5.19. The maximum Gasteiger partial charge on any atom is 0.0691 e. The summed E-state index contributed by atoms with van der Waals surface area (Å²) in [5.41, 5.74) is 10.4. The van der Waals surface area contributed by atoms with E-state index in [-0.39, 0.29) is 0 Å². The van der Waals surface area contributed by atoms with Crippen molar-refractivity contribution in [3.05, 3.63) is 109 Å². The Hall–Kier alpha value is -3.78. The van der Waals surface area contributed by atoms with Crippen molar-refractivity contribution in [3.63, 3.8) is 0 Å². The van der Waals surface area contributed by atoms with Crippen molar-refractivity contribution in [2.45, 2.75) is 0 Å². The molecule has 2 N–H and O–H groups in total. The maximum absolute atomic E-state index is 6.44. The summed E-state index contributed by atoms with van der Waals surface area (Å²) in [6.45, 7) is 0. The summed E-state index contributed by atoms with van der Waals surface area (Å²) in [6, 6.07) is 37.8. The van der Waals surface area contributed by atoms with Gasteiger partial charge in [0, 0.05) is 10.8 Å². The number of hydrogen-bond acceptors (Lipinski definition) is 2. The fourth-order valence-corrected chi connectivity index (χ4v) is 3.89. The highest BCUT2D eigenvalue weighted by Crippen LogP contribution is 2.43. The van der Waals surface area contributed by atoms with Crippen molar-refractivity contribution in [1.29, 1.82) is 0 Å². The largest absolute Gasteiger partial charge is 0.397 e. The summed E-state index contributed by atoms with van der Waals surface area (Å²) in [4.78, 5) is 2.28. The second-order valence-electron chi connectivity index (χ2n) is 6.89. The Morgan fingerprint density at radius 2 is 0.857 bits per heavy atom. The van der Waals surface area contributed by atoms with E-state index in [0.717, 1.165) is 22.7 Å². The number of nitrogen functional groups attached to an aromatic ring is 1. The van der Waals surface area contributed by atoms with Crippen LogP contribution in [-0.4, -0.2) is 0 Å². The molecule has 5 rings (SSSR count). The number of anilines is 4.